The highest BCUT2D eigenvalue weighted by Gasteiger charge is 2.23. The van der Waals surface area contributed by atoms with Crippen molar-refractivity contribution in [2.45, 2.75) is 25.7 Å². The summed E-state index contributed by atoms with van der Waals surface area (Å²) in [6.07, 6.45) is 3.38. The van der Waals surface area contributed by atoms with Crippen molar-refractivity contribution in [3.63, 3.8) is 0 Å². The normalized spacial score (nSPS) is 14.9. The lowest BCUT2D eigenvalue weighted by Gasteiger charge is -2.26. The van der Waals surface area contributed by atoms with Gasteiger partial charge in [-0.15, -0.1) is 0 Å². The molecule has 2 heterocycles. The van der Waals surface area contributed by atoms with Gasteiger partial charge in [-0.25, -0.2) is 0 Å². The van der Waals surface area contributed by atoms with Gasteiger partial charge in [0.25, 0.3) is 0 Å². The van der Waals surface area contributed by atoms with E-state index in [0.29, 0.717) is 13.0 Å². The third-order valence-corrected chi connectivity index (χ3v) is 7.07. The number of nitrogens with zero attached hydrogens (tertiary/aromatic N) is 1. The average Bonchev–Trinajstić information content (AvgIpc) is 3.37. The van der Waals surface area contributed by atoms with Gasteiger partial charge in [-0.2, -0.15) is 0 Å². The Morgan fingerprint density at radius 1 is 1.03 bits per heavy atom. The molecule has 0 saturated carbocycles. The van der Waals surface area contributed by atoms with Crippen molar-refractivity contribution in [3.05, 3.63) is 95.7 Å². The van der Waals surface area contributed by atoms with Crippen molar-refractivity contribution in [2.24, 2.45) is 0 Å². The van der Waals surface area contributed by atoms with Crippen LogP contribution in [0.5, 0.6) is 11.5 Å². The molecule has 1 fully saturated rings. The van der Waals surface area contributed by atoms with Crippen LogP contribution in [0.25, 0.3) is 10.9 Å². The van der Waals surface area contributed by atoms with E-state index in [1.165, 1.54) is 10.9 Å². The van der Waals surface area contributed by atoms with Gasteiger partial charge in [0.2, 0.25) is 5.91 Å². The summed E-state index contributed by atoms with van der Waals surface area (Å²) in [7, 11) is 0. The summed E-state index contributed by atoms with van der Waals surface area (Å²) in [5, 5.41) is 4.32. The number of amides is 1. The zero-order valence-electron chi connectivity index (χ0n) is 21.4. The number of nitrogens with one attached hydrogen (secondary N) is 2. The Hall–Kier alpha value is -3.61. The number of aromatic amines is 1. The Morgan fingerprint density at radius 2 is 1.81 bits per heavy atom. The highest BCUT2D eigenvalue weighted by molar-refractivity contribution is 5.88. The molecule has 1 aliphatic heterocycles. The van der Waals surface area contributed by atoms with Gasteiger partial charge in [0.1, 0.15) is 11.5 Å². The second-order valence-corrected chi connectivity index (χ2v) is 9.49. The van der Waals surface area contributed by atoms with Gasteiger partial charge in [-0.1, -0.05) is 55.5 Å². The van der Waals surface area contributed by atoms with Crippen LogP contribution >= 0.6 is 0 Å². The second-order valence-electron chi connectivity index (χ2n) is 9.49. The maximum Gasteiger partial charge on any atom is 0.220 e. The van der Waals surface area contributed by atoms with E-state index in [-0.39, 0.29) is 11.8 Å². The van der Waals surface area contributed by atoms with Crippen molar-refractivity contribution in [3.8, 4) is 11.5 Å². The van der Waals surface area contributed by atoms with Crippen LogP contribution in [0, 0.1) is 0 Å². The molecule has 1 amide bonds. The lowest BCUT2D eigenvalue weighted by molar-refractivity contribution is -0.121. The van der Waals surface area contributed by atoms with Crippen LogP contribution in [0.2, 0.25) is 0 Å². The lowest BCUT2D eigenvalue weighted by atomic mass is 9.87. The number of carbonyl (C=O) groups is 1. The number of para-hydroxylation sites is 2. The smallest absolute Gasteiger partial charge is 0.220 e. The molecule has 4 aromatic rings. The van der Waals surface area contributed by atoms with Crippen molar-refractivity contribution < 1.29 is 14.3 Å². The molecule has 5 rings (SSSR count). The molecule has 1 saturated heterocycles. The molecule has 0 unspecified atom stereocenters. The number of hydrogen-bond donors (Lipinski definition) is 2. The standard InChI is InChI=1S/C31H35N3O3/c1-2-23-8-7-13-27-29(22-33-31(23)27)28(21-30(35)32-14-15-34-16-18-36-19-17-34)24-9-6-12-26(20-24)37-25-10-4-3-5-11-25/h3-13,20,22,28,33H,2,14-19,21H2,1H3,(H,32,35)/t28-/m1/s1. The topological polar surface area (TPSA) is 66.6 Å². The van der Waals surface area contributed by atoms with Crippen molar-refractivity contribution in [1.82, 2.24) is 15.2 Å². The van der Waals surface area contributed by atoms with E-state index in [1.54, 1.807) is 0 Å². The Kier molecular flexibility index (Phi) is 8.18. The molecule has 192 valence electrons. The van der Waals surface area contributed by atoms with E-state index in [2.05, 4.69) is 58.7 Å². The van der Waals surface area contributed by atoms with Crippen LogP contribution in [0.1, 0.15) is 36.0 Å². The molecule has 37 heavy (non-hydrogen) atoms. The third kappa shape index (κ3) is 6.21. The number of hydrogen-bond acceptors (Lipinski definition) is 4. The maximum absolute atomic E-state index is 13.2. The number of benzene rings is 3. The third-order valence-electron chi connectivity index (χ3n) is 7.07. The quantitative estimate of drug-likeness (QED) is 0.304. The predicted molar refractivity (Wildman–Crippen MR) is 147 cm³/mol. The minimum Gasteiger partial charge on any atom is -0.457 e. The van der Waals surface area contributed by atoms with E-state index in [0.717, 1.165) is 67.4 Å². The monoisotopic (exact) mass is 497 g/mol. The van der Waals surface area contributed by atoms with Crippen LogP contribution < -0.4 is 10.1 Å². The first-order valence-electron chi connectivity index (χ1n) is 13.2. The molecular weight excluding hydrogens is 462 g/mol. The summed E-state index contributed by atoms with van der Waals surface area (Å²) in [6.45, 7) is 7.00. The number of aryl methyl sites for hydroxylation is 1. The van der Waals surface area contributed by atoms with Gasteiger partial charge >= 0.3 is 0 Å². The average molecular weight is 498 g/mol. The zero-order valence-corrected chi connectivity index (χ0v) is 21.4. The number of ether oxygens (including phenoxy) is 2. The number of carbonyl (C=O) groups excluding carboxylic acids is 1. The highest BCUT2D eigenvalue weighted by atomic mass is 16.5. The van der Waals surface area contributed by atoms with Crippen molar-refractivity contribution in [2.75, 3.05) is 39.4 Å². The van der Waals surface area contributed by atoms with Gasteiger partial charge < -0.3 is 19.8 Å². The van der Waals surface area contributed by atoms with Crippen LogP contribution in [0.3, 0.4) is 0 Å². The van der Waals surface area contributed by atoms with Crippen LogP contribution in [0.4, 0.5) is 0 Å². The molecule has 0 radical (unpaired) electrons. The van der Waals surface area contributed by atoms with Gasteiger partial charge in [0.05, 0.1) is 13.2 Å². The first-order valence-corrected chi connectivity index (χ1v) is 13.2. The molecule has 0 aliphatic carbocycles. The SMILES string of the molecule is CCc1cccc2c([C@H](CC(=O)NCCN3CCOCC3)c3cccc(Oc4ccccc4)c3)c[nH]c12. The fourth-order valence-electron chi connectivity index (χ4n) is 5.08. The van der Waals surface area contributed by atoms with E-state index < -0.39 is 0 Å². The molecular formula is C31H35N3O3. The summed E-state index contributed by atoms with van der Waals surface area (Å²) in [6, 6.07) is 24.3. The summed E-state index contributed by atoms with van der Waals surface area (Å²) in [4.78, 5) is 19.0. The molecule has 3 aromatic carbocycles. The molecule has 6 heteroatoms. The summed E-state index contributed by atoms with van der Waals surface area (Å²) < 4.78 is 11.6. The van der Waals surface area contributed by atoms with E-state index in [1.807, 2.05) is 42.5 Å². The number of H-pyrrole nitrogens is 1. The molecule has 1 aromatic heterocycles. The van der Waals surface area contributed by atoms with Gasteiger partial charge in [-0.3, -0.25) is 9.69 Å². The Labute approximate surface area is 218 Å². The van der Waals surface area contributed by atoms with Crippen LogP contribution in [-0.4, -0.2) is 55.2 Å². The van der Waals surface area contributed by atoms with Crippen LogP contribution in [0.15, 0.2) is 79.0 Å². The van der Waals surface area contributed by atoms with E-state index >= 15 is 0 Å². The van der Waals surface area contributed by atoms with Crippen LogP contribution in [-0.2, 0) is 16.0 Å². The first-order chi connectivity index (χ1) is 18.2. The highest BCUT2D eigenvalue weighted by Crippen LogP contribution is 2.36. The molecule has 6 nitrogen and oxygen atoms in total. The largest absolute Gasteiger partial charge is 0.457 e. The number of aromatic nitrogens is 1. The number of fused-ring (bicyclic) bond motifs is 1. The van der Waals surface area contributed by atoms with Crippen molar-refractivity contribution in [1.29, 1.82) is 0 Å². The van der Waals surface area contributed by atoms with Crippen molar-refractivity contribution >= 4 is 16.8 Å². The molecule has 1 aliphatic rings. The first kappa shape index (κ1) is 25.1. The summed E-state index contributed by atoms with van der Waals surface area (Å²) in [5.41, 5.74) is 4.61. The number of rotatable bonds is 10. The second kappa shape index (κ2) is 12.1. The lowest BCUT2D eigenvalue weighted by Crippen LogP contribution is -2.41. The fraction of sp³-hybridized carbons (Fsp3) is 0.323. The summed E-state index contributed by atoms with van der Waals surface area (Å²) >= 11 is 0. The minimum absolute atomic E-state index is 0.0497. The Balaban J connectivity index is 1.39. The predicted octanol–water partition coefficient (Wildman–Crippen LogP) is 5.49. The molecule has 0 spiro atoms. The molecule has 2 N–H and O–H groups in total. The minimum atomic E-state index is -0.108. The molecule has 0 bridgehead atoms. The van der Waals surface area contributed by atoms with Gasteiger partial charge in [-0.05, 0) is 47.4 Å². The fourth-order valence-corrected chi connectivity index (χ4v) is 5.08. The zero-order chi connectivity index (χ0) is 25.5. The van der Waals surface area contributed by atoms with E-state index in [4.69, 9.17) is 9.47 Å². The Morgan fingerprint density at radius 3 is 2.62 bits per heavy atom. The summed E-state index contributed by atoms with van der Waals surface area (Å²) in [5.74, 6) is 1.49. The van der Waals surface area contributed by atoms with Gasteiger partial charge in [0.15, 0.2) is 0 Å². The maximum atomic E-state index is 13.2. The van der Waals surface area contributed by atoms with Gasteiger partial charge in [0, 0.05) is 55.6 Å². The Bertz CT molecular complexity index is 1310. The molecule has 1 atom stereocenters. The number of morpholine rings is 1. The van der Waals surface area contributed by atoms with E-state index in [9.17, 15) is 4.79 Å².